The third-order valence-electron chi connectivity index (χ3n) is 3.82. The Morgan fingerprint density at radius 1 is 1.17 bits per heavy atom. The minimum atomic E-state index is -0.444. The van der Waals surface area contributed by atoms with Crippen molar-refractivity contribution in [2.24, 2.45) is 0 Å². The van der Waals surface area contributed by atoms with Crippen LogP contribution in [0.2, 0.25) is 0 Å². The van der Waals surface area contributed by atoms with Crippen molar-refractivity contribution in [1.29, 1.82) is 0 Å². The third-order valence-corrected chi connectivity index (χ3v) is 4.72. The van der Waals surface area contributed by atoms with E-state index in [1.165, 1.54) is 12.1 Å². The number of phenols is 1. The highest BCUT2D eigenvalue weighted by molar-refractivity contribution is 8.18. The van der Waals surface area contributed by atoms with Crippen LogP contribution in [0.3, 0.4) is 0 Å². The van der Waals surface area contributed by atoms with Gasteiger partial charge in [-0.05, 0) is 48.4 Å². The van der Waals surface area contributed by atoms with Crippen LogP contribution in [0.25, 0.3) is 6.08 Å². The number of carbonyl (C=O) groups is 3. The van der Waals surface area contributed by atoms with E-state index in [0.29, 0.717) is 18.7 Å². The number of carbonyl (C=O) groups excluding carboxylic acids is 3. The van der Waals surface area contributed by atoms with E-state index >= 15 is 0 Å². The number of amides is 3. The molecule has 0 spiro atoms. The Balaban J connectivity index is 1.71. The van der Waals surface area contributed by atoms with E-state index in [0.717, 1.165) is 29.5 Å². The number of nitrogens with zero attached hydrogens (tertiary/aromatic N) is 2. The monoisotopic (exact) mass is 332 g/mol. The van der Waals surface area contributed by atoms with Crippen LogP contribution in [-0.4, -0.2) is 51.6 Å². The van der Waals surface area contributed by atoms with Crippen molar-refractivity contribution in [3.63, 3.8) is 0 Å². The first-order valence-corrected chi connectivity index (χ1v) is 8.18. The topological polar surface area (TPSA) is 77.9 Å². The van der Waals surface area contributed by atoms with Crippen molar-refractivity contribution in [1.82, 2.24) is 9.80 Å². The standard InChI is InChI=1S/C16H16N2O4S/c19-12-5-3-11(4-6-12)9-13-15(21)18(16(22)23-13)10-14(20)17-7-1-2-8-17/h3-6,9,19H,1-2,7-8,10H2/b13-9+. The number of likely N-dealkylation sites (tertiary alicyclic amines) is 1. The van der Waals surface area contributed by atoms with Crippen LogP contribution in [0.5, 0.6) is 5.75 Å². The van der Waals surface area contributed by atoms with Gasteiger partial charge in [0.2, 0.25) is 5.91 Å². The molecular weight excluding hydrogens is 316 g/mol. The number of phenolic OH excluding ortho intramolecular Hbond substituents is 1. The first kappa shape index (κ1) is 15.6. The van der Waals surface area contributed by atoms with Crippen molar-refractivity contribution < 1.29 is 19.5 Å². The molecule has 2 saturated heterocycles. The summed E-state index contributed by atoms with van der Waals surface area (Å²) in [5.41, 5.74) is 0.708. The van der Waals surface area contributed by atoms with Crippen molar-refractivity contribution in [2.45, 2.75) is 12.8 Å². The van der Waals surface area contributed by atoms with Crippen molar-refractivity contribution in [2.75, 3.05) is 19.6 Å². The van der Waals surface area contributed by atoms with Gasteiger partial charge < -0.3 is 10.0 Å². The summed E-state index contributed by atoms with van der Waals surface area (Å²) in [6.45, 7) is 1.19. The van der Waals surface area contributed by atoms with Gasteiger partial charge in [-0.15, -0.1) is 0 Å². The fourth-order valence-corrected chi connectivity index (χ4v) is 3.40. The molecule has 3 rings (SSSR count). The van der Waals surface area contributed by atoms with Gasteiger partial charge in [0, 0.05) is 13.1 Å². The van der Waals surface area contributed by atoms with E-state index in [2.05, 4.69) is 0 Å². The lowest BCUT2D eigenvalue weighted by molar-refractivity contribution is -0.135. The number of hydrogen-bond donors (Lipinski definition) is 1. The molecule has 0 atom stereocenters. The average Bonchev–Trinajstić information content (AvgIpc) is 3.14. The summed E-state index contributed by atoms with van der Waals surface area (Å²) in [6.07, 6.45) is 3.52. The van der Waals surface area contributed by atoms with Crippen molar-refractivity contribution in [3.8, 4) is 5.75 Å². The predicted octanol–water partition coefficient (Wildman–Crippen LogP) is 2.05. The molecule has 1 N–H and O–H groups in total. The Hall–Kier alpha value is -2.28. The van der Waals surface area contributed by atoms with Crippen LogP contribution in [0, 0.1) is 0 Å². The number of thioether (sulfide) groups is 1. The maximum atomic E-state index is 12.3. The Kier molecular flexibility index (Phi) is 4.38. The average molecular weight is 332 g/mol. The zero-order valence-corrected chi connectivity index (χ0v) is 13.2. The van der Waals surface area contributed by atoms with Crippen LogP contribution in [0.4, 0.5) is 4.79 Å². The van der Waals surface area contributed by atoms with Crippen molar-refractivity contribution in [3.05, 3.63) is 34.7 Å². The minimum Gasteiger partial charge on any atom is -0.508 e. The number of aromatic hydroxyl groups is 1. The Morgan fingerprint density at radius 2 is 1.83 bits per heavy atom. The van der Waals surface area contributed by atoms with Crippen LogP contribution in [0.1, 0.15) is 18.4 Å². The highest BCUT2D eigenvalue weighted by Crippen LogP contribution is 2.32. The molecule has 1 aromatic carbocycles. The molecule has 0 aromatic heterocycles. The zero-order chi connectivity index (χ0) is 16.4. The minimum absolute atomic E-state index is 0.131. The van der Waals surface area contributed by atoms with Crippen LogP contribution < -0.4 is 0 Å². The molecule has 0 unspecified atom stereocenters. The Morgan fingerprint density at radius 3 is 2.48 bits per heavy atom. The molecule has 6 nitrogen and oxygen atoms in total. The molecule has 7 heteroatoms. The summed E-state index contributed by atoms with van der Waals surface area (Å²) >= 11 is 0.831. The van der Waals surface area contributed by atoms with Gasteiger partial charge in [-0.25, -0.2) is 0 Å². The maximum Gasteiger partial charge on any atom is 0.294 e. The summed E-state index contributed by atoms with van der Waals surface area (Å²) in [5, 5.41) is 8.84. The molecule has 0 aliphatic carbocycles. The quantitative estimate of drug-likeness (QED) is 0.857. The van der Waals surface area contributed by atoms with Gasteiger partial charge in [-0.2, -0.15) is 0 Å². The van der Waals surface area contributed by atoms with E-state index in [-0.39, 0.29) is 23.1 Å². The molecule has 2 fully saturated rings. The molecule has 2 aliphatic rings. The molecule has 0 radical (unpaired) electrons. The summed E-state index contributed by atoms with van der Waals surface area (Å²) in [5.74, 6) is -0.497. The van der Waals surface area contributed by atoms with Crippen molar-refractivity contribution >= 4 is 34.9 Å². The second-order valence-electron chi connectivity index (χ2n) is 5.45. The molecule has 0 saturated carbocycles. The van der Waals surface area contributed by atoms with E-state index in [4.69, 9.17) is 0 Å². The van der Waals surface area contributed by atoms with E-state index in [1.54, 1.807) is 23.1 Å². The fourth-order valence-electron chi connectivity index (χ4n) is 2.56. The molecule has 120 valence electrons. The van der Waals surface area contributed by atoms with Gasteiger partial charge in [0.1, 0.15) is 12.3 Å². The van der Waals surface area contributed by atoms with Gasteiger partial charge in [0.05, 0.1) is 4.91 Å². The second kappa shape index (κ2) is 6.45. The molecule has 2 heterocycles. The third kappa shape index (κ3) is 3.39. The summed E-state index contributed by atoms with van der Waals surface area (Å²) < 4.78 is 0. The number of hydrogen-bond acceptors (Lipinski definition) is 5. The number of imide groups is 1. The van der Waals surface area contributed by atoms with Crippen LogP contribution in [0.15, 0.2) is 29.2 Å². The highest BCUT2D eigenvalue weighted by Gasteiger charge is 2.37. The van der Waals surface area contributed by atoms with Gasteiger partial charge in [-0.1, -0.05) is 12.1 Å². The molecule has 1 aromatic rings. The zero-order valence-electron chi connectivity index (χ0n) is 12.4. The highest BCUT2D eigenvalue weighted by atomic mass is 32.2. The number of benzene rings is 1. The number of rotatable bonds is 3. The summed E-state index contributed by atoms with van der Waals surface area (Å²) in [7, 11) is 0. The fraction of sp³-hybridized carbons (Fsp3) is 0.312. The van der Waals surface area contributed by atoms with Crippen LogP contribution in [-0.2, 0) is 9.59 Å². The van der Waals surface area contributed by atoms with E-state index < -0.39 is 11.1 Å². The first-order chi connectivity index (χ1) is 11.0. The van der Waals surface area contributed by atoms with Gasteiger partial charge in [-0.3, -0.25) is 19.3 Å². The summed E-state index contributed by atoms with van der Waals surface area (Å²) in [6, 6.07) is 6.32. The van der Waals surface area contributed by atoms with E-state index in [9.17, 15) is 19.5 Å². The maximum absolute atomic E-state index is 12.3. The molecule has 2 aliphatic heterocycles. The van der Waals surface area contributed by atoms with Crippen LogP contribution >= 0.6 is 11.8 Å². The predicted molar refractivity (Wildman–Crippen MR) is 86.6 cm³/mol. The smallest absolute Gasteiger partial charge is 0.294 e. The normalized spacial score (nSPS) is 19.9. The Bertz CT molecular complexity index is 678. The Labute approximate surface area is 137 Å². The summed E-state index contributed by atoms with van der Waals surface area (Å²) in [4.78, 5) is 39.4. The lowest BCUT2D eigenvalue weighted by Gasteiger charge is -2.18. The van der Waals surface area contributed by atoms with E-state index in [1.807, 2.05) is 0 Å². The molecule has 3 amide bonds. The first-order valence-electron chi connectivity index (χ1n) is 7.37. The van der Waals surface area contributed by atoms with Gasteiger partial charge >= 0.3 is 0 Å². The molecular formula is C16H16N2O4S. The van der Waals surface area contributed by atoms with Gasteiger partial charge in [0.25, 0.3) is 11.1 Å². The largest absolute Gasteiger partial charge is 0.508 e. The van der Waals surface area contributed by atoms with Gasteiger partial charge in [0.15, 0.2) is 0 Å². The lowest BCUT2D eigenvalue weighted by Crippen LogP contribution is -2.40. The SMILES string of the molecule is O=C(CN1C(=O)S/C(=C/c2ccc(O)cc2)C1=O)N1CCCC1. The lowest BCUT2D eigenvalue weighted by atomic mass is 10.2. The molecule has 23 heavy (non-hydrogen) atoms. The second-order valence-corrected chi connectivity index (χ2v) is 6.44. The molecule has 0 bridgehead atoms.